The zero-order chi connectivity index (χ0) is 22.8. The first-order valence-corrected chi connectivity index (χ1v) is 10.8. The molecule has 0 aliphatic carbocycles. The lowest BCUT2D eigenvalue weighted by Gasteiger charge is -2.27. The van der Waals surface area contributed by atoms with Crippen LogP contribution in [0.4, 0.5) is 10.1 Å². The van der Waals surface area contributed by atoms with Crippen LogP contribution in [-0.2, 0) is 0 Å². The molecule has 0 amide bonds. The van der Waals surface area contributed by atoms with Crippen LogP contribution in [0.2, 0.25) is 15.1 Å². The molecular weight excluding hydrogens is 460 g/mol. The van der Waals surface area contributed by atoms with Gasteiger partial charge in [-0.3, -0.25) is 0 Å². The van der Waals surface area contributed by atoms with Gasteiger partial charge in [0.05, 0.1) is 0 Å². The summed E-state index contributed by atoms with van der Waals surface area (Å²) < 4.78 is 21.0. The van der Waals surface area contributed by atoms with Crippen LogP contribution in [0.15, 0.2) is 60.7 Å². The number of hydrogen-bond acceptors (Lipinski definition) is 3. The van der Waals surface area contributed by atoms with Crippen LogP contribution in [0.25, 0.3) is 0 Å². The van der Waals surface area contributed by atoms with Gasteiger partial charge in [-0.1, -0.05) is 73.8 Å². The van der Waals surface area contributed by atoms with Crippen LogP contribution in [0.3, 0.4) is 0 Å². The molecule has 0 radical (unpaired) electrons. The summed E-state index contributed by atoms with van der Waals surface area (Å²) in [6.45, 7) is 5.64. The lowest BCUT2D eigenvalue weighted by atomic mass is 9.94. The zero-order valence-electron chi connectivity index (χ0n) is 17.3. The van der Waals surface area contributed by atoms with Gasteiger partial charge >= 0.3 is 0 Å². The second-order valence-electron chi connectivity index (χ2n) is 8.27. The van der Waals surface area contributed by atoms with Crippen molar-refractivity contribution >= 4 is 40.5 Å². The van der Waals surface area contributed by atoms with Gasteiger partial charge in [0.2, 0.25) is 0 Å². The van der Waals surface area contributed by atoms with E-state index in [0.29, 0.717) is 26.3 Å². The van der Waals surface area contributed by atoms with E-state index in [1.807, 2.05) is 20.8 Å². The molecule has 3 aromatic rings. The maximum absolute atomic E-state index is 14.9. The highest BCUT2D eigenvalue weighted by Crippen LogP contribution is 2.36. The Balaban J connectivity index is 1.93. The number of rotatable bonds is 6. The van der Waals surface area contributed by atoms with Crippen molar-refractivity contribution in [1.29, 1.82) is 0 Å². The fourth-order valence-corrected chi connectivity index (χ4v) is 3.48. The van der Waals surface area contributed by atoms with Gasteiger partial charge in [0.25, 0.3) is 0 Å². The molecule has 7 heteroatoms. The van der Waals surface area contributed by atoms with Gasteiger partial charge in [-0.05, 0) is 42.0 Å². The number of anilines is 1. The van der Waals surface area contributed by atoms with Crippen molar-refractivity contribution in [2.24, 2.45) is 5.41 Å². The average molecular weight is 483 g/mol. The van der Waals surface area contributed by atoms with Crippen LogP contribution < -0.4 is 10.1 Å². The maximum Gasteiger partial charge on any atom is 0.167 e. The molecule has 3 rings (SSSR count). The summed E-state index contributed by atoms with van der Waals surface area (Å²) >= 11 is 18.5. The molecule has 0 fully saturated rings. The SMILES string of the molecule is CC(C)(C)C(O)Nc1ccc(OC(c2ccc(Cl)cc2)c2ccc(Cl)cc2Cl)c(F)c1. The topological polar surface area (TPSA) is 41.5 Å². The largest absolute Gasteiger partial charge is 0.478 e. The van der Waals surface area contributed by atoms with E-state index < -0.39 is 23.6 Å². The third-order valence-corrected chi connectivity index (χ3v) is 5.53. The molecule has 3 nitrogen and oxygen atoms in total. The van der Waals surface area contributed by atoms with E-state index in [-0.39, 0.29) is 5.75 Å². The molecule has 164 valence electrons. The highest BCUT2D eigenvalue weighted by atomic mass is 35.5. The monoisotopic (exact) mass is 481 g/mol. The minimum Gasteiger partial charge on any atom is -0.478 e. The van der Waals surface area contributed by atoms with E-state index in [4.69, 9.17) is 39.5 Å². The Labute approximate surface area is 196 Å². The molecule has 0 saturated heterocycles. The van der Waals surface area contributed by atoms with Crippen molar-refractivity contribution in [3.05, 3.63) is 92.7 Å². The van der Waals surface area contributed by atoms with Crippen LogP contribution in [0.1, 0.15) is 38.0 Å². The molecular formula is C24H23Cl3FNO2. The van der Waals surface area contributed by atoms with Crippen LogP contribution in [-0.4, -0.2) is 11.3 Å². The smallest absolute Gasteiger partial charge is 0.167 e. The van der Waals surface area contributed by atoms with Gasteiger partial charge in [0.15, 0.2) is 17.7 Å². The number of hydrogen-bond donors (Lipinski definition) is 2. The molecule has 0 aliphatic rings. The van der Waals surface area contributed by atoms with E-state index in [0.717, 1.165) is 5.56 Å². The summed E-state index contributed by atoms with van der Waals surface area (Å²) in [6, 6.07) is 16.6. The van der Waals surface area contributed by atoms with Gasteiger partial charge in [0, 0.05) is 37.8 Å². The molecule has 0 aromatic heterocycles. The fourth-order valence-electron chi connectivity index (χ4n) is 2.85. The van der Waals surface area contributed by atoms with E-state index in [2.05, 4.69) is 5.32 Å². The lowest BCUT2D eigenvalue weighted by molar-refractivity contribution is 0.0880. The fraction of sp³-hybridized carbons (Fsp3) is 0.250. The zero-order valence-corrected chi connectivity index (χ0v) is 19.6. The number of ether oxygens (including phenoxy) is 1. The molecule has 0 spiro atoms. The van der Waals surface area contributed by atoms with Crippen molar-refractivity contribution in [2.75, 3.05) is 5.32 Å². The summed E-state index contributed by atoms with van der Waals surface area (Å²) in [4.78, 5) is 0. The van der Waals surface area contributed by atoms with Crippen LogP contribution in [0.5, 0.6) is 5.75 Å². The maximum atomic E-state index is 14.9. The third kappa shape index (κ3) is 6.05. The first kappa shape index (κ1) is 23.7. The summed E-state index contributed by atoms with van der Waals surface area (Å²) in [5.41, 5.74) is 1.42. The minimum absolute atomic E-state index is 0.0433. The highest BCUT2D eigenvalue weighted by molar-refractivity contribution is 6.35. The number of benzene rings is 3. The van der Waals surface area contributed by atoms with E-state index in [1.165, 1.54) is 12.1 Å². The van der Waals surface area contributed by atoms with Crippen molar-refractivity contribution in [3.8, 4) is 5.75 Å². The molecule has 2 atom stereocenters. The lowest BCUT2D eigenvalue weighted by Crippen LogP contribution is -2.33. The quantitative estimate of drug-likeness (QED) is 0.353. The average Bonchev–Trinajstić information content (AvgIpc) is 2.68. The Morgan fingerprint density at radius 2 is 1.55 bits per heavy atom. The number of aliphatic hydroxyl groups is 1. The van der Waals surface area contributed by atoms with E-state index in [9.17, 15) is 9.50 Å². The Kier molecular flexibility index (Phi) is 7.38. The standard InChI is InChI=1S/C24H23Cl3FNO2/c1-24(2,3)23(30)29-17-9-11-21(20(28)13-17)31-22(14-4-6-15(25)7-5-14)18-10-8-16(26)12-19(18)27/h4-13,22-23,29-30H,1-3H3. The molecule has 3 aromatic carbocycles. The van der Waals surface area contributed by atoms with Gasteiger partial charge in [-0.25, -0.2) is 4.39 Å². The molecule has 0 saturated carbocycles. The second kappa shape index (κ2) is 9.66. The van der Waals surface area contributed by atoms with Crippen molar-refractivity contribution in [3.63, 3.8) is 0 Å². The molecule has 0 aliphatic heterocycles. The minimum atomic E-state index is -0.839. The highest BCUT2D eigenvalue weighted by Gasteiger charge is 2.24. The van der Waals surface area contributed by atoms with E-state index in [1.54, 1.807) is 48.5 Å². The first-order valence-electron chi connectivity index (χ1n) is 9.66. The molecule has 0 bridgehead atoms. The third-order valence-electron chi connectivity index (χ3n) is 4.72. The summed E-state index contributed by atoms with van der Waals surface area (Å²) in [7, 11) is 0. The van der Waals surface area contributed by atoms with Gasteiger partial charge in [-0.15, -0.1) is 0 Å². The van der Waals surface area contributed by atoms with Crippen molar-refractivity contribution in [1.82, 2.24) is 0 Å². The summed E-state index contributed by atoms with van der Waals surface area (Å²) in [6.07, 6.45) is -1.52. The van der Waals surface area contributed by atoms with E-state index >= 15 is 0 Å². The van der Waals surface area contributed by atoms with Gasteiger partial charge in [-0.2, -0.15) is 0 Å². The Hall–Kier alpha value is -1.98. The molecule has 0 heterocycles. The summed E-state index contributed by atoms with van der Waals surface area (Å²) in [5.74, 6) is -0.531. The molecule has 2 N–H and O–H groups in total. The van der Waals surface area contributed by atoms with Gasteiger partial charge in [0.1, 0.15) is 6.23 Å². The Morgan fingerprint density at radius 1 is 0.903 bits per heavy atom. The van der Waals surface area contributed by atoms with Crippen LogP contribution in [0, 0.1) is 11.2 Å². The van der Waals surface area contributed by atoms with Gasteiger partial charge < -0.3 is 15.2 Å². The second-order valence-corrected chi connectivity index (χ2v) is 9.55. The number of halogens is 4. The number of aliphatic hydroxyl groups excluding tert-OH is 1. The van der Waals surface area contributed by atoms with Crippen molar-refractivity contribution in [2.45, 2.75) is 33.1 Å². The Morgan fingerprint density at radius 3 is 2.13 bits per heavy atom. The summed E-state index contributed by atoms with van der Waals surface area (Å²) in [5, 5.41) is 14.6. The Bertz CT molecular complexity index is 1050. The molecule has 2 unspecified atom stereocenters. The predicted molar refractivity (Wildman–Crippen MR) is 126 cm³/mol. The van der Waals surface area contributed by atoms with Crippen LogP contribution >= 0.6 is 34.8 Å². The van der Waals surface area contributed by atoms with Crippen molar-refractivity contribution < 1.29 is 14.2 Å². The molecule has 31 heavy (non-hydrogen) atoms. The normalized spacial score (nSPS) is 13.5. The first-order chi connectivity index (χ1) is 14.5. The number of nitrogens with one attached hydrogen (secondary N) is 1. The predicted octanol–water partition coefficient (Wildman–Crippen LogP) is 7.73.